The summed E-state index contributed by atoms with van der Waals surface area (Å²) in [6.45, 7) is -0.425. The fraction of sp³-hybridized carbons (Fsp3) is 0.136. The molecule has 0 aliphatic heterocycles. The summed E-state index contributed by atoms with van der Waals surface area (Å²) in [6, 6.07) is 22.6. The second-order valence-corrected chi connectivity index (χ2v) is 8.31. The number of carbonyl (C=O) groups is 1. The minimum atomic E-state index is -3.77. The Morgan fingerprint density at radius 2 is 1.50 bits per heavy atom. The van der Waals surface area contributed by atoms with Gasteiger partial charge in [0.1, 0.15) is 18.0 Å². The van der Waals surface area contributed by atoms with Crippen molar-refractivity contribution in [2.45, 2.75) is 0 Å². The largest absolute Gasteiger partial charge is 0.495 e. The highest BCUT2D eigenvalue weighted by Gasteiger charge is 2.24. The van der Waals surface area contributed by atoms with Gasteiger partial charge in [-0.1, -0.05) is 42.5 Å². The molecule has 0 spiro atoms. The summed E-state index contributed by atoms with van der Waals surface area (Å²) in [6.07, 6.45) is 1.04. The highest BCUT2D eigenvalue weighted by molar-refractivity contribution is 7.92. The lowest BCUT2D eigenvalue weighted by Gasteiger charge is -2.24. The Bertz CT molecular complexity index is 1120. The number of amides is 1. The minimum Gasteiger partial charge on any atom is -0.495 e. The molecule has 0 fully saturated rings. The van der Waals surface area contributed by atoms with Gasteiger partial charge in [0.25, 0.3) is 0 Å². The number of nitrogens with one attached hydrogen (secondary N) is 1. The number of nitrogens with zero attached hydrogens (tertiary/aromatic N) is 1. The van der Waals surface area contributed by atoms with Crippen molar-refractivity contribution in [1.82, 2.24) is 0 Å². The van der Waals surface area contributed by atoms with Crippen molar-refractivity contribution in [1.29, 1.82) is 0 Å². The molecule has 3 aromatic rings. The molecular formula is C22H22N2O5S. The molecule has 3 rings (SSSR count). The average molecular weight is 426 g/mol. The highest BCUT2D eigenvalue weighted by Crippen LogP contribution is 2.33. The Morgan fingerprint density at radius 1 is 0.900 bits per heavy atom. The monoisotopic (exact) mass is 426 g/mol. The molecule has 156 valence electrons. The maximum atomic E-state index is 12.7. The van der Waals surface area contributed by atoms with Gasteiger partial charge in [-0.15, -0.1) is 0 Å². The number of benzene rings is 3. The smallest absolute Gasteiger partial charge is 0.245 e. The number of anilines is 2. The molecule has 0 bridgehead atoms. The van der Waals surface area contributed by atoms with Gasteiger partial charge in [-0.25, -0.2) is 8.42 Å². The average Bonchev–Trinajstić information content (AvgIpc) is 2.73. The zero-order valence-electron chi connectivity index (χ0n) is 16.6. The van der Waals surface area contributed by atoms with E-state index in [4.69, 9.17) is 9.47 Å². The van der Waals surface area contributed by atoms with Crippen LogP contribution in [0.3, 0.4) is 0 Å². The van der Waals surface area contributed by atoms with E-state index in [1.165, 1.54) is 7.11 Å². The summed E-state index contributed by atoms with van der Waals surface area (Å²) in [5.74, 6) is 0.833. The molecule has 8 heteroatoms. The van der Waals surface area contributed by atoms with Crippen LogP contribution in [-0.2, 0) is 14.8 Å². The van der Waals surface area contributed by atoms with Crippen molar-refractivity contribution in [3.05, 3.63) is 78.9 Å². The molecule has 7 nitrogen and oxygen atoms in total. The quantitative estimate of drug-likeness (QED) is 0.591. The third kappa shape index (κ3) is 5.30. The van der Waals surface area contributed by atoms with E-state index in [0.29, 0.717) is 22.9 Å². The van der Waals surface area contributed by atoms with Gasteiger partial charge in [0.2, 0.25) is 15.9 Å². The maximum absolute atomic E-state index is 12.7. The van der Waals surface area contributed by atoms with E-state index in [1.54, 1.807) is 60.7 Å². The van der Waals surface area contributed by atoms with Crippen LogP contribution in [0.15, 0.2) is 78.9 Å². The molecule has 0 saturated heterocycles. The molecule has 0 saturated carbocycles. The van der Waals surface area contributed by atoms with Gasteiger partial charge in [0.15, 0.2) is 5.75 Å². The van der Waals surface area contributed by atoms with Crippen molar-refractivity contribution in [2.75, 3.05) is 29.5 Å². The van der Waals surface area contributed by atoms with Crippen molar-refractivity contribution < 1.29 is 22.7 Å². The first-order chi connectivity index (χ1) is 14.4. The molecule has 1 amide bonds. The third-order valence-corrected chi connectivity index (χ3v) is 5.30. The molecule has 1 N–H and O–H groups in total. The number of hydrogen-bond acceptors (Lipinski definition) is 5. The number of ether oxygens (including phenoxy) is 2. The van der Waals surface area contributed by atoms with E-state index >= 15 is 0 Å². The van der Waals surface area contributed by atoms with Crippen LogP contribution in [-0.4, -0.2) is 34.2 Å². The fourth-order valence-corrected chi connectivity index (χ4v) is 3.67. The second-order valence-electron chi connectivity index (χ2n) is 6.40. The van der Waals surface area contributed by atoms with Crippen LogP contribution in [0, 0.1) is 0 Å². The minimum absolute atomic E-state index is 0.263. The number of rotatable bonds is 8. The van der Waals surface area contributed by atoms with Crippen LogP contribution in [0.2, 0.25) is 0 Å². The molecular weight excluding hydrogens is 404 g/mol. The van der Waals surface area contributed by atoms with Crippen LogP contribution < -0.4 is 19.1 Å². The van der Waals surface area contributed by atoms with E-state index in [1.807, 2.05) is 18.2 Å². The van der Waals surface area contributed by atoms with Crippen molar-refractivity contribution in [3.63, 3.8) is 0 Å². The van der Waals surface area contributed by atoms with Gasteiger partial charge in [0, 0.05) is 0 Å². The topological polar surface area (TPSA) is 84.9 Å². The number of hydrogen-bond donors (Lipinski definition) is 1. The lowest BCUT2D eigenvalue weighted by atomic mass is 10.2. The SMILES string of the molecule is COc1ccccc1NC(=O)CN(c1ccccc1Oc1ccccc1)S(C)(=O)=O. The molecule has 0 atom stereocenters. The van der Waals surface area contributed by atoms with Crippen molar-refractivity contribution in [3.8, 4) is 17.2 Å². The van der Waals surface area contributed by atoms with Gasteiger partial charge in [-0.05, 0) is 36.4 Å². The maximum Gasteiger partial charge on any atom is 0.245 e. The predicted octanol–water partition coefficient (Wildman–Crippen LogP) is 3.89. The summed E-state index contributed by atoms with van der Waals surface area (Å²) in [7, 11) is -2.28. The summed E-state index contributed by atoms with van der Waals surface area (Å²) in [5, 5.41) is 2.69. The van der Waals surface area contributed by atoms with E-state index < -0.39 is 22.5 Å². The zero-order valence-corrected chi connectivity index (χ0v) is 17.4. The molecule has 0 aliphatic rings. The number of carbonyl (C=O) groups excluding carboxylic acids is 1. The Balaban J connectivity index is 1.88. The number of para-hydroxylation sites is 5. The highest BCUT2D eigenvalue weighted by atomic mass is 32.2. The van der Waals surface area contributed by atoms with Crippen molar-refractivity contribution >= 4 is 27.3 Å². The summed E-state index contributed by atoms with van der Waals surface area (Å²) in [5.41, 5.74) is 0.714. The summed E-state index contributed by atoms with van der Waals surface area (Å²) >= 11 is 0. The van der Waals surface area contributed by atoms with E-state index in [-0.39, 0.29) is 5.69 Å². The first kappa shape index (κ1) is 21.2. The molecule has 0 unspecified atom stereocenters. The van der Waals surface area contributed by atoms with E-state index in [0.717, 1.165) is 10.6 Å². The molecule has 3 aromatic carbocycles. The van der Waals surface area contributed by atoms with Crippen LogP contribution in [0.5, 0.6) is 17.2 Å². The fourth-order valence-electron chi connectivity index (χ4n) is 2.81. The Labute approximate surface area is 175 Å². The molecule has 0 aromatic heterocycles. The van der Waals surface area contributed by atoms with E-state index in [9.17, 15) is 13.2 Å². The van der Waals surface area contributed by atoms with Crippen molar-refractivity contribution in [2.24, 2.45) is 0 Å². The van der Waals surface area contributed by atoms with Crippen LogP contribution in [0.1, 0.15) is 0 Å². The van der Waals surface area contributed by atoms with Crippen LogP contribution >= 0.6 is 0 Å². The van der Waals surface area contributed by atoms with Gasteiger partial charge >= 0.3 is 0 Å². The standard InChI is InChI=1S/C22H22N2O5S/c1-28-20-14-8-6-12-18(20)23-22(25)16-24(30(2,26)27)19-13-7-9-15-21(19)29-17-10-4-3-5-11-17/h3-15H,16H2,1-2H3,(H,23,25). The Kier molecular flexibility index (Phi) is 6.58. The van der Waals surface area contributed by atoms with Gasteiger partial charge in [-0.3, -0.25) is 9.10 Å². The normalized spacial score (nSPS) is 10.9. The van der Waals surface area contributed by atoms with Crippen LogP contribution in [0.25, 0.3) is 0 Å². The van der Waals surface area contributed by atoms with Gasteiger partial charge < -0.3 is 14.8 Å². The lowest BCUT2D eigenvalue weighted by molar-refractivity contribution is -0.114. The molecule has 0 radical (unpaired) electrons. The third-order valence-electron chi connectivity index (χ3n) is 4.17. The molecule has 0 aliphatic carbocycles. The number of sulfonamides is 1. The Hall–Kier alpha value is -3.52. The second kappa shape index (κ2) is 9.32. The summed E-state index contributed by atoms with van der Waals surface area (Å²) in [4.78, 5) is 12.7. The molecule has 30 heavy (non-hydrogen) atoms. The van der Waals surface area contributed by atoms with Crippen LogP contribution in [0.4, 0.5) is 11.4 Å². The Morgan fingerprint density at radius 3 is 2.17 bits per heavy atom. The first-order valence-electron chi connectivity index (χ1n) is 9.11. The van der Waals surface area contributed by atoms with E-state index in [2.05, 4.69) is 5.32 Å². The van der Waals surface area contributed by atoms with Gasteiger partial charge in [-0.2, -0.15) is 0 Å². The molecule has 0 heterocycles. The first-order valence-corrected chi connectivity index (χ1v) is 11.0. The predicted molar refractivity (Wildman–Crippen MR) is 117 cm³/mol. The zero-order chi connectivity index (χ0) is 21.6. The summed E-state index contributed by atoms with van der Waals surface area (Å²) < 4.78 is 37.1. The lowest BCUT2D eigenvalue weighted by Crippen LogP contribution is -2.37. The van der Waals surface area contributed by atoms with Gasteiger partial charge in [0.05, 0.1) is 24.7 Å². The number of methoxy groups -OCH3 is 1.